The lowest BCUT2D eigenvalue weighted by Gasteiger charge is -2.08. The van der Waals surface area contributed by atoms with Crippen molar-refractivity contribution in [3.05, 3.63) is 34.4 Å². The lowest BCUT2D eigenvalue weighted by molar-refractivity contribution is 0.682. The van der Waals surface area contributed by atoms with Crippen molar-refractivity contribution in [2.45, 2.75) is 0 Å². The summed E-state index contributed by atoms with van der Waals surface area (Å²) in [7, 11) is -2.53. The first-order valence-corrected chi connectivity index (χ1v) is 6.50. The van der Waals surface area contributed by atoms with E-state index in [-0.39, 0.29) is 5.75 Å². The van der Waals surface area contributed by atoms with Crippen LogP contribution in [0.4, 0.5) is 0 Å². The Morgan fingerprint density at radius 1 is 1.64 bits per heavy atom. The number of aromatic nitrogens is 2. The number of hydrogen-bond donors (Lipinski definition) is 1. The summed E-state index contributed by atoms with van der Waals surface area (Å²) in [5, 5.41) is 5.51. The van der Waals surface area contributed by atoms with Crippen molar-refractivity contribution in [2.24, 2.45) is 0 Å². The number of nitrogens with zero attached hydrogens (tertiary/aromatic N) is 2. The summed E-state index contributed by atoms with van der Waals surface area (Å²) in [4.78, 5) is 0. The minimum atomic E-state index is -2.53. The zero-order valence-electron chi connectivity index (χ0n) is 7.18. The molecule has 4 nitrogen and oxygen atoms in total. The van der Waals surface area contributed by atoms with Gasteiger partial charge in [0.25, 0.3) is 0 Å². The summed E-state index contributed by atoms with van der Waals surface area (Å²) in [6.45, 7) is 0. The summed E-state index contributed by atoms with van der Waals surface area (Å²) in [6.07, 6.45) is 6.92. The first-order chi connectivity index (χ1) is 6.57. The van der Waals surface area contributed by atoms with E-state index in [4.69, 9.17) is 4.78 Å². The fourth-order valence-corrected chi connectivity index (χ4v) is 2.30. The smallest absolute Gasteiger partial charge is 0.0694 e. The van der Waals surface area contributed by atoms with E-state index in [1.54, 1.807) is 23.0 Å². The van der Waals surface area contributed by atoms with Crippen molar-refractivity contribution in [3.8, 4) is 0 Å². The van der Waals surface area contributed by atoms with Gasteiger partial charge in [-0.1, -0.05) is 0 Å². The summed E-state index contributed by atoms with van der Waals surface area (Å²) in [6, 6.07) is 0. The van der Waals surface area contributed by atoms with Gasteiger partial charge in [-0.2, -0.15) is 5.10 Å². The molecule has 0 radical (unpaired) electrons. The van der Waals surface area contributed by atoms with E-state index in [1.807, 2.05) is 6.20 Å². The molecule has 0 aromatic carbocycles. The van der Waals surface area contributed by atoms with Crippen molar-refractivity contribution >= 4 is 31.4 Å². The van der Waals surface area contributed by atoms with E-state index in [9.17, 15) is 4.21 Å². The average Bonchev–Trinajstić information content (AvgIpc) is 2.52. The Bertz CT molecular complexity index is 512. The molecule has 0 spiro atoms. The topological polar surface area (TPSA) is 58.7 Å². The maximum Gasteiger partial charge on any atom is 0.0694 e. The van der Waals surface area contributed by atoms with Gasteiger partial charge in [-0.15, -0.1) is 0 Å². The third-order valence-corrected chi connectivity index (χ3v) is 3.46. The molecule has 1 aliphatic rings. The van der Waals surface area contributed by atoms with Crippen LogP contribution in [0.5, 0.6) is 0 Å². The van der Waals surface area contributed by atoms with E-state index in [0.717, 1.165) is 10.2 Å². The second kappa shape index (κ2) is 3.36. The lowest BCUT2D eigenvalue weighted by Crippen LogP contribution is -2.06. The van der Waals surface area contributed by atoms with Crippen LogP contribution in [0.2, 0.25) is 0 Å². The Hall–Kier alpha value is -0.880. The van der Waals surface area contributed by atoms with Crippen LogP contribution in [0.3, 0.4) is 0 Å². The zero-order chi connectivity index (χ0) is 10.2. The standard InChI is InChI=1S/C8H8BrN3OS/c9-7-5-11-12(6-7)8-1-3-14(10,13)4-2-8/h1-3,5-6,10H,4H2. The molecule has 1 aliphatic heterocycles. The number of halogens is 1. The molecule has 1 aromatic rings. The van der Waals surface area contributed by atoms with Gasteiger partial charge in [0.05, 0.1) is 31.8 Å². The monoisotopic (exact) mass is 273 g/mol. The van der Waals surface area contributed by atoms with Gasteiger partial charge in [0.15, 0.2) is 0 Å². The Balaban J connectivity index is 2.32. The van der Waals surface area contributed by atoms with Gasteiger partial charge in [-0.25, -0.2) is 13.7 Å². The number of rotatable bonds is 1. The third kappa shape index (κ3) is 1.96. The van der Waals surface area contributed by atoms with Gasteiger partial charge in [0, 0.05) is 11.6 Å². The maximum atomic E-state index is 11.3. The van der Waals surface area contributed by atoms with Crippen LogP contribution in [0.15, 0.2) is 34.4 Å². The Morgan fingerprint density at radius 2 is 2.43 bits per heavy atom. The molecule has 1 atom stereocenters. The van der Waals surface area contributed by atoms with Crippen molar-refractivity contribution in [3.63, 3.8) is 0 Å². The lowest BCUT2D eigenvalue weighted by atomic mass is 10.4. The van der Waals surface area contributed by atoms with Crippen molar-refractivity contribution in [2.75, 3.05) is 5.75 Å². The molecule has 0 aliphatic carbocycles. The van der Waals surface area contributed by atoms with E-state index in [1.165, 1.54) is 5.41 Å². The summed E-state index contributed by atoms with van der Waals surface area (Å²) in [5.41, 5.74) is 0.849. The largest absolute Gasteiger partial charge is 0.249 e. The molecule has 1 aromatic heterocycles. The van der Waals surface area contributed by atoms with E-state index in [0.29, 0.717) is 0 Å². The molecule has 0 saturated carbocycles. The van der Waals surface area contributed by atoms with Gasteiger partial charge in [0.1, 0.15) is 0 Å². The van der Waals surface area contributed by atoms with Gasteiger partial charge in [0.2, 0.25) is 0 Å². The molecule has 0 bridgehead atoms. The number of hydrogen-bond acceptors (Lipinski definition) is 3. The van der Waals surface area contributed by atoms with Crippen LogP contribution in [0, 0.1) is 4.78 Å². The normalized spacial score (nSPS) is 26.2. The average molecular weight is 274 g/mol. The summed E-state index contributed by atoms with van der Waals surface area (Å²) >= 11 is 3.29. The molecular formula is C8H8BrN3OS. The first-order valence-electron chi connectivity index (χ1n) is 3.92. The molecule has 0 fully saturated rings. The van der Waals surface area contributed by atoms with Crippen molar-refractivity contribution in [1.82, 2.24) is 9.78 Å². The van der Waals surface area contributed by atoms with Gasteiger partial charge in [-0.3, -0.25) is 0 Å². The highest BCUT2D eigenvalue weighted by Gasteiger charge is 2.08. The highest BCUT2D eigenvalue weighted by atomic mass is 79.9. The Kier molecular flexibility index (Phi) is 2.32. The van der Waals surface area contributed by atoms with Gasteiger partial charge < -0.3 is 0 Å². The quantitative estimate of drug-likeness (QED) is 0.852. The third-order valence-electron chi connectivity index (χ3n) is 1.81. The van der Waals surface area contributed by atoms with E-state index in [2.05, 4.69) is 21.0 Å². The number of allylic oxidation sites excluding steroid dienone is 2. The second-order valence-corrected chi connectivity index (χ2v) is 5.90. The predicted molar refractivity (Wildman–Crippen MR) is 59.1 cm³/mol. The Labute approximate surface area is 90.4 Å². The summed E-state index contributed by atoms with van der Waals surface area (Å²) in [5.74, 6) is 0.260. The predicted octanol–water partition coefficient (Wildman–Crippen LogP) is 2.06. The highest BCUT2D eigenvalue weighted by molar-refractivity contribution is 9.10. The zero-order valence-corrected chi connectivity index (χ0v) is 9.59. The van der Waals surface area contributed by atoms with Gasteiger partial charge >= 0.3 is 0 Å². The van der Waals surface area contributed by atoms with Crippen LogP contribution >= 0.6 is 15.9 Å². The molecule has 0 amide bonds. The fourth-order valence-electron chi connectivity index (χ4n) is 1.12. The van der Waals surface area contributed by atoms with Crippen LogP contribution in [0.25, 0.3) is 5.70 Å². The van der Waals surface area contributed by atoms with Gasteiger partial charge in [-0.05, 0) is 28.1 Å². The molecule has 74 valence electrons. The molecule has 14 heavy (non-hydrogen) atoms. The van der Waals surface area contributed by atoms with Crippen LogP contribution in [0.1, 0.15) is 0 Å². The second-order valence-electron chi connectivity index (χ2n) is 2.93. The molecule has 1 N–H and O–H groups in total. The number of nitrogens with one attached hydrogen (secondary N) is 1. The van der Waals surface area contributed by atoms with Crippen molar-refractivity contribution < 1.29 is 4.21 Å². The molecule has 6 heteroatoms. The van der Waals surface area contributed by atoms with Crippen molar-refractivity contribution in [1.29, 1.82) is 4.78 Å². The minimum absolute atomic E-state index is 0.260. The first kappa shape index (κ1) is 9.67. The van der Waals surface area contributed by atoms with Crippen LogP contribution in [-0.2, 0) is 9.73 Å². The molecule has 1 unspecified atom stereocenters. The van der Waals surface area contributed by atoms with Crippen LogP contribution in [-0.4, -0.2) is 19.7 Å². The van der Waals surface area contributed by atoms with E-state index < -0.39 is 9.73 Å². The molecule has 2 rings (SSSR count). The molecule has 2 heterocycles. The minimum Gasteiger partial charge on any atom is -0.249 e. The van der Waals surface area contributed by atoms with Crippen LogP contribution < -0.4 is 0 Å². The van der Waals surface area contributed by atoms with E-state index >= 15 is 0 Å². The molecular weight excluding hydrogens is 266 g/mol. The summed E-state index contributed by atoms with van der Waals surface area (Å²) < 4.78 is 21.2. The highest BCUT2D eigenvalue weighted by Crippen LogP contribution is 2.16. The fraction of sp³-hybridized carbons (Fsp3) is 0.125. The SMILES string of the molecule is N=S1(=O)C=CC(n2cc(Br)cn2)=CC1. The Morgan fingerprint density at radius 3 is 2.93 bits per heavy atom. The molecule has 0 saturated heterocycles. The maximum absolute atomic E-state index is 11.3.